The SMILES string of the molecule is COc1cccc(CN)c1OC1CCN(C(C)C)CC1. The van der Waals surface area contributed by atoms with E-state index in [0.717, 1.165) is 43.0 Å². The lowest BCUT2D eigenvalue weighted by molar-refractivity contribution is 0.0816. The molecule has 1 fully saturated rings. The average Bonchev–Trinajstić information content (AvgIpc) is 2.48. The van der Waals surface area contributed by atoms with Crippen LogP contribution in [0.2, 0.25) is 0 Å². The fourth-order valence-electron chi connectivity index (χ4n) is 2.69. The van der Waals surface area contributed by atoms with Crippen LogP contribution < -0.4 is 15.2 Å². The van der Waals surface area contributed by atoms with Crippen molar-refractivity contribution in [2.45, 2.75) is 45.4 Å². The van der Waals surface area contributed by atoms with E-state index in [1.165, 1.54) is 0 Å². The topological polar surface area (TPSA) is 47.7 Å². The Morgan fingerprint density at radius 3 is 2.55 bits per heavy atom. The minimum atomic E-state index is 0.256. The summed E-state index contributed by atoms with van der Waals surface area (Å²) in [5, 5.41) is 0. The van der Waals surface area contributed by atoms with Crippen LogP contribution in [0.5, 0.6) is 11.5 Å². The number of nitrogens with two attached hydrogens (primary N) is 1. The molecular weight excluding hydrogens is 252 g/mol. The molecule has 4 nitrogen and oxygen atoms in total. The van der Waals surface area contributed by atoms with Crippen LogP contribution in [0, 0.1) is 0 Å². The first-order valence-electron chi connectivity index (χ1n) is 7.42. The van der Waals surface area contributed by atoms with E-state index in [2.05, 4.69) is 18.7 Å². The largest absolute Gasteiger partial charge is 0.493 e. The second kappa shape index (κ2) is 6.95. The lowest BCUT2D eigenvalue weighted by atomic mass is 10.1. The van der Waals surface area contributed by atoms with Crippen LogP contribution in [0.4, 0.5) is 0 Å². The normalized spacial score (nSPS) is 17.4. The van der Waals surface area contributed by atoms with Crippen molar-refractivity contribution in [1.82, 2.24) is 4.90 Å². The van der Waals surface area contributed by atoms with Gasteiger partial charge < -0.3 is 20.1 Å². The third-order valence-electron chi connectivity index (χ3n) is 3.99. The van der Waals surface area contributed by atoms with Crippen LogP contribution >= 0.6 is 0 Å². The van der Waals surface area contributed by atoms with Gasteiger partial charge in [-0.2, -0.15) is 0 Å². The molecule has 0 aromatic heterocycles. The third-order valence-corrected chi connectivity index (χ3v) is 3.99. The summed E-state index contributed by atoms with van der Waals surface area (Å²) < 4.78 is 11.6. The molecule has 112 valence electrons. The highest BCUT2D eigenvalue weighted by molar-refractivity contribution is 5.46. The molecule has 0 saturated carbocycles. The Labute approximate surface area is 121 Å². The quantitative estimate of drug-likeness (QED) is 0.898. The maximum atomic E-state index is 6.20. The van der Waals surface area contributed by atoms with E-state index in [1.807, 2.05) is 18.2 Å². The van der Waals surface area contributed by atoms with Gasteiger partial charge in [-0.25, -0.2) is 0 Å². The number of rotatable bonds is 5. The number of ether oxygens (including phenoxy) is 2. The summed E-state index contributed by atoms with van der Waals surface area (Å²) in [6.07, 6.45) is 2.37. The summed E-state index contributed by atoms with van der Waals surface area (Å²) in [5.41, 5.74) is 6.81. The molecule has 2 rings (SSSR count). The van der Waals surface area contributed by atoms with Gasteiger partial charge >= 0.3 is 0 Å². The Hall–Kier alpha value is -1.26. The Bertz CT molecular complexity index is 404. The Morgan fingerprint density at radius 1 is 1.30 bits per heavy atom. The molecule has 1 saturated heterocycles. The standard InChI is InChI=1S/C16H26N2O2/c1-12(2)18-9-7-14(8-10-18)20-16-13(11-17)5-4-6-15(16)19-3/h4-6,12,14H,7-11,17H2,1-3H3. The van der Waals surface area contributed by atoms with Gasteiger partial charge in [-0.1, -0.05) is 12.1 Å². The van der Waals surface area contributed by atoms with Gasteiger partial charge in [-0.15, -0.1) is 0 Å². The minimum absolute atomic E-state index is 0.256. The summed E-state index contributed by atoms with van der Waals surface area (Å²) in [4.78, 5) is 2.49. The van der Waals surface area contributed by atoms with Gasteiger partial charge in [0, 0.05) is 31.2 Å². The first kappa shape index (κ1) is 15.1. The summed E-state index contributed by atoms with van der Waals surface area (Å²) in [5.74, 6) is 1.60. The molecule has 2 N–H and O–H groups in total. The molecule has 0 bridgehead atoms. The van der Waals surface area contributed by atoms with Crippen molar-refractivity contribution in [2.24, 2.45) is 5.73 Å². The molecule has 0 amide bonds. The summed E-state index contributed by atoms with van der Waals surface area (Å²) >= 11 is 0. The summed E-state index contributed by atoms with van der Waals surface area (Å²) in [6.45, 7) is 7.14. The molecule has 0 spiro atoms. The van der Waals surface area contributed by atoms with Gasteiger partial charge in [0.25, 0.3) is 0 Å². The van der Waals surface area contributed by atoms with E-state index >= 15 is 0 Å². The maximum absolute atomic E-state index is 6.20. The van der Waals surface area contributed by atoms with Gasteiger partial charge in [0.15, 0.2) is 11.5 Å². The van der Waals surface area contributed by atoms with E-state index in [1.54, 1.807) is 7.11 Å². The molecule has 4 heteroatoms. The van der Waals surface area contributed by atoms with E-state index in [0.29, 0.717) is 12.6 Å². The molecular formula is C16H26N2O2. The second-order valence-electron chi connectivity index (χ2n) is 5.60. The first-order valence-corrected chi connectivity index (χ1v) is 7.42. The van der Waals surface area contributed by atoms with Crippen LogP contribution in [0.25, 0.3) is 0 Å². The van der Waals surface area contributed by atoms with Crippen LogP contribution in [-0.4, -0.2) is 37.2 Å². The Morgan fingerprint density at radius 2 is 2.00 bits per heavy atom. The molecule has 20 heavy (non-hydrogen) atoms. The van der Waals surface area contributed by atoms with Crippen LogP contribution in [0.3, 0.4) is 0 Å². The average molecular weight is 278 g/mol. The summed E-state index contributed by atoms with van der Waals surface area (Å²) in [6, 6.07) is 6.50. The second-order valence-corrected chi connectivity index (χ2v) is 5.60. The molecule has 1 heterocycles. The number of nitrogens with zero attached hydrogens (tertiary/aromatic N) is 1. The highest BCUT2D eigenvalue weighted by Crippen LogP contribution is 2.33. The van der Waals surface area contributed by atoms with E-state index in [-0.39, 0.29) is 6.10 Å². The number of methoxy groups -OCH3 is 1. The fraction of sp³-hybridized carbons (Fsp3) is 0.625. The number of hydrogen-bond donors (Lipinski definition) is 1. The van der Waals surface area contributed by atoms with E-state index < -0.39 is 0 Å². The molecule has 1 aromatic rings. The van der Waals surface area contributed by atoms with Crippen molar-refractivity contribution in [3.8, 4) is 11.5 Å². The van der Waals surface area contributed by atoms with Crippen molar-refractivity contribution in [3.05, 3.63) is 23.8 Å². The number of piperidine rings is 1. The highest BCUT2D eigenvalue weighted by atomic mass is 16.5. The summed E-state index contributed by atoms with van der Waals surface area (Å²) in [7, 11) is 1.67. The van der Waals surface area contributed by atoms with Crippen LogP contribution in [-0.2, 0) is 6.54 Å². The van der Waals surface area contributed by atoms with Crippen molar-refractivity contribution in [3.63, 3.8) is 0 Å². The minimum Gasteiger partial charge on any atom is -0.493 e. The predicted octanol–water partition coefficient (Wildman–Crippen LogP) is 2.41. The zero-order valence-corrected chi connectivity index (χ0v) is 12.8. The zero-order chi connectivity index (χ0) is 14.5. The molecule has 1 aliphatic heterocycles. The van der Waals surface area contributed by atoms with Crippen molar-refractivity contribution < 1.29 is 9.47 Å². The van der Waals surface area contributed by atoms with Gasteiger partial charge in [-0.3, -0.25) is 0 Å². The zero-order valence-electron chi connectivity index (χ0n) is 12.8. The third kappa shape index (κ3) is 3.44. The Kier molecular flexibility index (Phi) is 5.26. The monoisotopic (exact) mass is 278 g/mol. The van der Waals surface area contributed by atoms with E-state index in [9.17, 15) is 0 Å². The smallest absolute Gasteiger partial charge is 0.166 e. The van der Waals surface area contributed by atoms with Gasteiger partial charge in [0.2, 0.25) is 0 Å². The van der Waals surface area contributed by atoms with Gasteiger partial charge in [0.1, 0.15) is 6.10 Å². The van der Waals surface area contributed by atoms with Crippen molar-refractivity contribution in [1.29, 1.82) is 0 Å². The van der Waals surface area contributed by atoms with Crippen LogP contribution in [0.1, 0.15) is 32.3 Å². The van der Waals surface area contributed by atoms with Gasteiger partial charge in [0.05, 0.1) is 7.11 Å². The molecule has 0 unspecified atom stereocenters. The molecule has 0 aliphatic carbocycles. The fourth-order valence-corrected chi connectivity index (χ4v) is 2.69. The molecule has 0 radical (unpaired) electrons. The molecule has 1 aromatic carbocycles. The van der Waals surface area contributed by atoms with Gasteiger partial charge in [-0.05, 0) is 32.8 Å². The number of hydrogen-bond acceptors (Lipinski definition) is 4. The number of likely N-dealkylation sites (tertiary alicyclic amines) is 1. The molecule has 0 atom stereocenters. The number of benzene rings is 1. The Balaban J connectivity index is 2.04. The lowest BCUT2D eigenvalue weighted by Gasteiger charge is -2.35. The molecule has 1 aliphatic rings. The van der Waals surface area contributed by atoms with Crippen molar-refractivity contribution >= 4 is 0 Å². The van der Waals surface area contributed by atoms with E-state index in [4.69, 9.17) is 15.2 Å². The first-order chi connectivity index (χ1) is 9.65. The number of para-hydroxylation sites is 1. The maximum Gasteiger partial charge on any atom is 0.166 e. The predicted molar refractivity (Wildman–Crippen MR) is 81.2 cm³/mol. The lowest BCUT2D eigenvalue weighted by Crippen LogP contribution is -2.41. The highest BCUT2D eigenvalue weighted by Gasteiger charge is 2.23. The van der Waals surface area contributed by atoms with Crippen molar-refractivity contribution in [2.75, 3.05) is 20.2 Å². The van der Waals surface area contributed by atoms with Crippen LogP contribution in [0.15, 0.2) is 18.2 Å².